The summed E-state index contributed by atoms with van der Waals surface area (Å²) in [7, 11) is 1.51. The Kier molecular flexibility index (Phi) is 8.31. The zero-order chi connectivity index (χ0) is 25.5. The molecule has 0 aliphatic rings. The summed E-state index contributed by atoms with van der Waals surface area (Å²) in [6.07, 6.45) is 1.45. The number of ether oxygens (including phenoxy) is 3. The summed E-state index contributed by atoms with van der Waals surface area (Å²) < 4.78 is 16.7. The molecule has 36 heavy (non-hydrogen) atoms. The van der Waals surface area contributed by atoms with Crippen molar-refractivity contribution in [3.05, 3.63) is 99.5 Å². The van der Waals surface area contributed by atoms with Crippen molar-refractivity contribution in [2.24, 2.45) is 5.10 Å². The van der Waals surface area contributed by atoms with Gasteiger partial charge in [-0.15, -0.1) is 0 Å². The Morgan fingerprint density at radius 1 is 0.944 bits per heavy atom. The van der Waals surface area contributed by atoms with Crippen LogP contribution in [0, 0.1) is 0 Å². The molecule has 0 atom stereocenters. The second-order valence-corrected chi connectivity index (χ2v) is 8.55. The molecule has 0 saturated heterocycles. The number of hydrazone groups is 1. The molecule has 4 aromatic carbocycles. The Labute approximate surface area is 219 Å². The third-order valence-corrected chi connectivity index (χ3v) is 5.94. The van der Waals surface area contributed by atoms with Gasteiger partial charge in [-0.2, -0.15) is 5.10 Å². The molecule has 0 heterocycles. The SMILES string of the molecule is CCOc1ccc(C(=O)N/N=C/c2cc(Cl)c(OCc3cccc4ccccc34)c(Cl)c2)cc1OC. The number of hydrogen-bond donors (Lipinski definition) is 1. The lowest BCUT2D eigenvalue weighted by atomic mass is 10.1. The topological polar surface area (TPSA) is 69.2 Å². The standard InChI is InChI=1S/C28H24Cl2N2O4/c1-3-35-25-12-11-20(15-26(25)34-2)28(33)32-31-16-18-13-23(29)27(24(30)14-18)36-17-21-9-6-8-19-7-4-5-10-22(19)21/h4-16H,3,17H2,1-2H3,(H,32,33)/b31-16+. The molecule has 0 aliphatic heterocycles. The molecular weight excluding hydrogens is 499 g/mol. The van der Waals surface area contributed by atoms with Crippen LogP contribution in [0.2, 0.25) is 10.0 Å². The summed E-state index contributed by atoms with van der Waals surface area (Å²) in [5, 5.41) is 6.94. The Balaban J connectivity index is 1.42. The molecule has 0 aliphatic carbocycles. The van der Waals surface area contributed by atoms with Crippen LogP contribution >= 0.6 is 23.2 Å². The highest BCUT2D eigenvalue weighted by Crippen LogP contribution is 2.35. The summed E-state index contributed by atoms with van der Waals surface area (Å²) in [5.41, 5.74) is 4.49. The molecule has 0 saturated carbocycles. The lowest BCUT2D eigenvalue weighted by Gasteiger charge is -2.12. The van der Waals surface area contributed by atoms with E-state index in [1.54, 1.807) is 30.3 Å². The van der Waals surface area contributed by atoms with E-state index in [-0.39, 0.29) is 0 Å². The van der Waals surface area contributed by atoms with E-state index in [2.05, 4.69) is 28.7 Å². The maximum Gasteiger partial charge on any atom is 0.271 e. The highest BCUT2D eigenvalue weighted by molar-refractivity contribution is 6.37. The first-order chi connectivity index (χ1) is 17.5. The Hall–Kier alpha value is -3.74. The van der Waals surface area contributed by atoms with Crippen LogP contribution < -0.4 is 19.6 Å². The van der Waals surface area contributed by atoms with Crippen LogP contribution in [0.3, 0.4) is 0 Å². The number of methoxy groups -OCH3 is 1. The molecule has 6 nitrogen and oxygen atoms in total. The van der Waals surface area contributed by atoms with E-state index in [1.165, 1.54) is 13.3 Å². The molecular formula is C28H24Cl2N2O4. The highest BCUT2D eigenvalue weighted by atomic mass is 35.5. The number of fused-ring (bicyclic) bond motifs is 1. The molecule has 184 valence electrons. The average Bonchev–Trinajstić information content (AvgIpc) is 2.88. The van der Waals surface area contributed by atoms with Crippen molar-refractivity contribution in [2.75, 3.05) is 13.7 Å². The van der Waals surface area contributed by atoms with Crippen molar-refractivity contribution in [1.29, 1.82) is 0 Å². The number of benzene rings is 4. The Morgan fingerprint density at radius 3 is 2.44 bits per heavy atom. The van der Waals surface area contributed by atoms with Gasteiger partial charge in [0.1, 0.15) is 6.61 Å². The predicted molar refractivity (Wildman–Crippen MR) is 144 cm³/mol. The minimum atomic E-state index is -0.403. The number of rotatable bonds is 9. The van der Waals surface area contributed by atoms with Gasteiger partial charge in [0.25, 0.3) is 5.91 Å². The molecule has 0 aromatic heterocycles. The molecule has 0 unspecified atom stereocenters. The van der Waals surface area contributed by atoms with Gasteiger partial charge < -0.3 is 14.2 Å². The molecule has 4 rings (SSSR count). The van der Waals surface area contributed by atoms with Crippen molar-refractivity contribution in [3.63, 3.8) is 0 Å². The number of carbonyl (C=O) groups excluding carboxylic acids is 1. The van der Waals surface area contributed by atoms with Gasteiger partial charge in [-0.05, 0) is 59.2 Å². The van der Waals surface area contributed by atoms with Gasteiger partial charge in [-0.1, -0.05) is 65.7 Å². The Bertz CT molecular complexity index is 1390. The minimum Gasteiger partial charge on any atom is -0.493 e. The molecule has 0 spiro atoms. The number of amides is 1. The maximum absolute atomic E-state index is 12.5. The van der Waals surface area contributed by atoms with E-state index in [4.69, 9.17) is 37.4 Å². The van der Waals surface area contributed by atoms with Crippen molar-refractivity contribution < 1.29 is 19.0 Å². The highest BCUT2D eigenvalue weighted by Gasteiger charge is 2.12. The van der Waals surface area contributed by atoms with Crippen LogP contribution in [0.4, 0.5) is 0 Å². The lowest BCUT2D eigenvalue weighted by Crippen LogP contribution is -2.17. The van der Waals surface area contributed by atoms with Crippen molar-refractivity contribution in [2.45, 2.75) is 13.5 Å². The fraction of sp³-hybridized carbons (Fsp3) is 0.143. The van der Waals surface area contributed by atoms with Crippen LogP contribution in [-0.2, 0) is 6.61 Å². The fourth-order valence-corrected chi connectivity index (χ4v) is 4.29. The van der Waals surface area contributed by atoms with Crippen LogP contribution in [0.1, 0.15) is 28.4 Å². The van der Waals surface area contributed by atoms with E-state index in [0.717, 1.165) is 16.3 Å². The van der Waals surface area contributed by atoms with Gasteiger partial charge >= 0.3 is 0 Å². The number of halogens is 2. The average molecular weight is 523 g/mol. The second-order valence-electron chi connectivity index (χ2n) is 7.74. The third-order valence-electron chi connectivity index (χ3n) is 5.38. The lowest BCUT2D eigenvalue weighted by molar-refractivity contribution is 0.0954. The van der Waals surface area contributed by atoms with E-state index >= 15 is 0 Å². The number of carbonyl (C=O) groups is 1. The molecule has 4 aromatic rings. The van der Waals surface area contributed by atoms with Gasteiger partial charge in [0.2, 0.25) is 0 Å². The van der Waals surface area contributed by atoms with Crippen molar-refractivity contribution in [1.82, 2.24) is 5.43 Å². The minimum absolute atomic E-state index is 0.315. The van der Waals surface area contributed by atoms with Crippen LogP contribution in [0.25, 0.3) is 10.8 Å². The summed E-state index contributed by atoms with van der Waals surface area (Å²) in [5.74, 6) is 1.01. The van der Waals surface area contributed by atoms with E-state index in [0.29, 0.717) is 51.6 Å². The fourth-order valence-electron chi connectivity index (χ4n) is 3.67. The molecule has 1 amide bonds. The summed E-state index contributed by atoms with van der Waals surface area (Å²) in [6.45, 7) is 2.68. The first-order valence-corrected chi connectivity index (χ1v) is 12.0. The van der Waals surface area contributed by atoms with Gasteiger partial charge in [0.15, 0.2) is 17.2 Å². The van der Waals surface area contributed by atoms with Crippen LogP contribution in [-0.4, -0.2) is 25.8 Å². The quantitative estimate of drug-likeness (QED) is 0.192. The van der Waals surface area contributed by atoms with E-state index in [1.807, 2.05) is 31.2 Å². The molecule has 1 N–H and O–H groups in total. The maximum atomic E-state index is 12.5. The molecule has 0 bridgehead atoms. The Morgan fingerprint density at radius 2 is 1.69 bits per heavy atom. The van der Waals surface area contributed by atoms with Gasteiger partial charge in [-0.25, -0.2) is 5.43 Å². The zero-order valence-electron chi connectivity index (χ0n) is 19.8. The zero-order valence-corrected chi connectivity index (χ0v) is 21.3. The summed E-state index contributed by atoms with van der Waals surface area (Å²) >= 11 is 12.9. The van der Waals surface area contributed by atoms with E-state index in [9.17, 15) is 4.79 Å². The van der Waals surface area contributed by atoms with Crippen LogP contribution in [0.15, 0.2) is 77.9 Å². The normalized spacial score (nSPS) is 11.0. The molecule has 0 radical (unpaired) electrons. The van der Waals surface area contributed by atoms with Gasteiger partial charge in [-0.3, -0.25) is 4.79 Å². The third kappa shape index (κ3) is 5.90. The summed E-state index contributed by atoms with van der Waals surface area (Å²) in [6, 6.07) is 22.4. The van der Waals surface area contributed by atoms with Crippen molar-refractivity contribution in [3.8, 4) is 17.2 Å². The first-order valence-electron chi connectivity index (χ1n) is 11.2. The predicted octanol–water partition coefficient (Wildman–Crippen LogP) is 6.90. The first kappa shape index (κ1) is 25.4. The van der Waals surface area contributed by atoms with Gasteiger partial charge in [0.05, 0.1) is 30.0 Å². The number of hydrogen-bond acceptors (Lipinski definition) is 5. The summed E-state index contributed by atoms with van der Waals surface area (Å²) in [4.78, 5) is 12.5. The molecule has 0 fully saturated rings. The van der Waals surface area contributed by atoms with Crippen LogP contribution in [0.5, 0.6) is 17.2 Å². The smallest absolute Gasteiger partial charge is 0.271 e. The van der Waals surface area contributed by atoms with Gasteiger partial charge in [0, 0.05) is 5.56 Å². The van der Waals surface area contributed by atoms with E-state index < -0.39 is 5.91 Å². The van der Waals surface area contributed by atoms with Crippen molar-refractivity contribution >= 4 is 46.1 Å². The number of nitrogens with one attached hydrogen (secondary N) is 1. The molecule has 8 heteroatoms. The second kappa shape index (κ2) is 11.8. The monoisotopic (exact) mass is 522 g/mol. The largest absolute Gasteiger partial charge is 0.493 e. The number of nitrogens with zero attached hydrogens (tertiary/aromatic N) is 1.